The molecule has 0 radical (unpaired) electrons. The van der Waals surface area contributed by atoms with Crippen molar-refractivity contribution in [3.05, 3.63) is 34.9 Å². The van der Waals surface area contributed by atoms with Crippen LogP contribution in [0.4, 0.5) is 0 Å². The minimum absolute atomic E-state index is 0.134. The zero-order chi connectivity index (χ0) is 12.3. The van der Waals surface area contributed by atoms with Crippen LogP contribution < -0.4 is 0 Å². The molecule has 1 atom stereocenters. The number of hydrogen-bond acceptors (Lipinski definition) is 2. The first-order valence-electron chi connectivity index (χ1n) is 5.86. The van der Waals surface area contributed by atoms with E-state index in [1.54, 1.807) is 0 Å². The fourth-order valence-electron chi connectivity index (χ4n) is 2.43. The van der Waals surface area contributed by atoms with Gasteiger partial charge in [0.05, 0.1) is 6.54 Å². The van der Waals surface area contributed by atoms with Crippen molar-refractivity contribution in [1.29, 1.82) is 0 Å². The van der Waals surface area contributed by atoms with Crippen LogP contribution in [0.25, 0.3) is 0 Å². The Morgan fingerprint density at radius 2 is 2.24 bits per heavy atom. The van der Waals surface area contributed by atoms with Gasteiger partial charge in [-0.2, -0.15) is 0 Å². The third-order valence-electron chi connectivity index (χ3n) is 3.25. The Balaban J connectivity index is 2.03. The molecule has 0 aromatic heterocycles. The fourth-order valence-corrected chi connectivity index (χ4v) is 2.64. The number of hydrogen-bond donors (Lipinski definition) is 1. The highest BCUT2D eigenvalue weighted by Gasteiger charge is 2.26. The number of rotatable bonds is 4. The van der Waals surface area contributed by atoms with E-state index in [2.05, 4.69) is 0 Å². The smallest absolute Gasteiger partial charge is 0.317 e. The molecule has 0 saturated carbocycles. The maximum atomic E-state index is 10.8. The van der Waals surface area contributed by atoms with Crippen LogP contribution in [0.3, 0.4) is 0 Å². The lowest BCUT2D eigenvalue weighted by Gasteiger charge is -2.22. The van der Waals surface area contributed by atoms with Crippen molar-refractivity contribution in [2.45, 2.75) is 25.3 Å². The zero-order valence-corrected chi connectivity index (χ0v) is 10.4. The zero-order valence-electron chi connectivity index (χ0n) is 9.60. The molecule has 4 heteroatoms. The minimum Gasteiger partial charge on any atom is -0.480 e. The number of carboxylic acid groups (broad SMARTS) is 1. The summed E-state index contributed by atoms with van der Waals surface area (Å²) in [5, 5.41) is 9.62. The van der Waals surface area contributed by atoms with Crippen molar-refractivity contribution >= 4 is 17.6 Å². The monoisotopic (exact) mass is 253 g/mol. The highest BCUT2D eigenvalue weighted by molar-refractivity contribution is 6.31. The molecule has 2 rings (SSSR count). The van der Waals surface area contributed by atoms with Crippen LogP contribution >= 0.6 is 11.6 Å². The Morgan fingerprint density at radius 1 is 1.47 bits per heavy atom. The van der Waals surface area contributed by atoms with Gasteiger partial charge in [-0.05, 0) is 37.4 Å². The molecular weight excluding hydrogens is 238 g/mol. The molecule has 1 aliphatic rings. The van der Waals surface area contributed by atoms with E-state index in [1.807, 2.05) is 29.2 Å². The van der Waals surface area contributed by atoms with Crippen LogP contribution in [0.15, 0.2) is 24.3 Å². The first-order chi connectivity index (χ1) is 8.16. The molecule has 3 nitrogen and oxygen atoms in total. The SMILES string of the molecule is O=C(O)CN1CCC[C@@H]1Cc1ccccc1Cl. The molecule has 0 spiro atoms. The predicted molar refractivity (Wildman–Crippen MR) is 67.4 cm³/mol. The summed E-state index contributed by atoms with van der Waals surface area (Å²) in [6.07, 6.45) is 2.97. The average molecular weight is 254 g/mol. The van der Waals surface area contributed by atoms with Gasteiger partial charge in [0, 0.05) is 11.1 Å². The van der Waals surface area contributed by atoms with E-state index in [9.17, 15) is 4.79 Å². The van der Waals surface area contributed by atoms with E-state index in [1.165, 1.54) is 0 Å². The summed E-state index contributed by atoms with van der Waals surface area (Å²) >= 11 is 6.12. The van der Waals surface area contributed by atoms with Crippen molar-refractivity contribution in [1.82, 2.24) is 4.90 Å². The average Bonchev–Trinajstić information content (AvgIpc) is 2.68. The first kappa shape index (κ1) is 12.4. The second-order valence-corrected chi connectivity index (χ2v) is 4.86. The molecule has 1 fully saturated rings. The van der Waals surface area contributed by atoms with E-state index in [0.717, 1.165) is 36.4 Å². The van der Waals surface area contributed by atoms with Gasteiger partial charge < -0.3 is 5.11 Å². The van der Waals surface area contributed by atoms with Gasteiger partial charge in [0.25, 0.3) is 0 Å². The topological polar surface area (TPSA) is 40.5 Å². The Hall–Kier alpha value is -1.06. The van der Waals surface area contributed by atoms with E-state index in [4.69, 9.17) is 16.7 Å². The standard InChI is InChI=1S/C13H16ClNO2/c14-12-6-2-1-4-10(12)8-11-5-3-7-15(11)9-13(16)17/h1-2,4,6,11H,3,5,7-9H2,(H,16,17)/t11-/m1/s1. The summed E-state index contributed by atoms with van der Waals surface area (Å²) in [5.74, 6) is -0.754. The van der Waals surface area contributed by atoms with E-state index in [0.29, 0.717) is 6.04 Å². The van der Waals surface area contributed by atoms with Crippen LogP contribution in [0, 0.1) is 0 Å². The van der Waals surface area contributed by atoms with Gasteiger partial charge in [0.15, 0.2) is 0 Å². The minimum atomic E-state index is -0.754. The summed E-state index contributed by atoms with van der Waals surface area (Å²) in [7, 11) is 0. The number of carboxylic acids is 1. The van der Waals surface area contributed by atoms with Gasteiger partial charge in [0.2, 0.25) is 0 Å². The van der Waals surface area contributed by atoms with Crippen molar-refractivity contribution in [3.63, 3.8) is 0 Å². The molecule has 1 heterocycles. The first-order valence-corrected chi connectivity index (χ1v) is 6.24. The van der Waals surface area contributed by atoms with Crippen molar-refractivity contribution in [2.75, 3.05) is 13.1 Å². The molecule has 0 amide bonds. The second kappa shape index (κ2) is 5.52. The maximum Gasteiger partial charge on any atom is 0.317 e. The molecule has 17 heavy (non-hydrogen) atoms. The van der Waals surface area contributed by atoms with Crippen LogP contribution in [0.1, 0.15) is 18.4 Å². The highest BCUT2D eigenvalue weighted by atomic mass is 35.5. The molecule has 0 aliphatic carbocycles. The van der Waals surface area contributed by atoms with Gasteiger partial charge in [0.1, 0.15) is 0 Å². The fraction of sp³-hybridized carbons (Fsp3) is 0.462. The molecule has 1 aromatic carbocycles. The molecule has 92 valence electrons. The maximum absolute atomic E-state index is 10.8. The number of carbonyl (C=O) groups is 1. The molecule has 1 saturated heterocycles. The van der Waals surface area contributed by atoms with Crippen molar-refractivity contribution in [3.8, 4) is 0 Å². The summed E-state index contributed by atoms with van der Waals surface area (Å²) in [4.78, 5) is 12.8. The largest absolute Gasteiger partial charge is 0.480 e. The van der Waals surface area contributed by atoms with Crippen molar-refractivity contribution in [2.24, 2.45) is 0 Å². The quantitative estimate of drug-likeness (QED) is 0.896. The lowest BCUT2D eigenvalue weighted by atomic mass is 10.0. The highest BCUT2D eigenvalue weighted by Crippen LogP contribution is 2.24. The Kier molecular flexibility index (Phi) is 4.02. The molecule has 1 N–H and O–H groups in total. The second-order valence-electron chi connectivity index (χ2n) is 4.46. The van der Waals surface area contributed by atoms with Gasteiger partial charge >= 0.3 is 5.97 Å². The van der Waals surface area contributed by atoms with E-state index in [-0.39, 0.29) is 6.54 Å². The van der Waals surface area contributed by atoms with Gasteiger partial charge in [-0.3, -0.25) is 9.69 Å². The summed E-state index contributed by atoms with van der Waals surface area (Å²) < 4.78 is 0. The summed E-state index contributed by atoms with van der Waals surface area (Å²) in [6.45, 7) is 1.01. The number of nitrogens with zero attached hydrogens (tertiary/aromatic N) is 1. The third kappa shape index (κ3) is 3.20. The molecule has 1 aromatic rings. The Labute approximate surface area is 106 Å². The van der Waals surface area contributed by atoms with Crippen LogP contribution in [-0.4, -0.2) is 35.1 Å². The predicted octanol–water partition coefficient (Wildman–Crippen LogP) is 2.43. The van der Waals surface area contributed by atoms with Gasteiger partial charge in [-0.25, -0.2) is 0 Å². The van der Waals surface area contributed by atoms with Crippen LogP contribution in [-0.2, 0) is 11.2 Å². The van der Waals surface area contributed by atoms with Crippen LogP contribution in [0.5, 0.6) is 0 Å². The third-order valence-corrected chi connectivity index (χ3v) is 3.62. The lowest BCUT2D eigenvalue weighted by Crippen LogP contribution is -2.35. The van der Waals surface area contributed by atoms with E-state index < -0.39 is 5.97 Å². The number of halogens is 1. The number of benzene rings is 1. The normalized spacial score (nSPS) is 20.6. The Morgan fingerprint density at radius 3 is 2.94 bits per heavy atom. The lowest BCUT2D eigenvalue weighted by molar-refractivity contribution is -0.138. The molecule has 0 bridgehead atoms. The van der Waals surface area contributed by atoms with Gasteiger partial charge in [-0.1, -0.05) is 29.8 Å². The van der Waals surface area contributed by atoms with E-state index >= 15 is 0 Å². The molecule has 1 aliphatic heterocycles. The Bertz CT molecular complexity index is 408. The summed E-state index contributed by atoms with van der Waals surface area (Å²) in [5.41, 5.74) is 1.11. The molecular formula is C13H16ClNO2. The number of likely N-dealkylation sites (tertiary alicyclic amines) is 1. The van der Waals surface area contributed by atoms with Crippen LogP contribution in [0.2, 0.25) is 5.02 Å². The summed E-state index contributed by atoms with van der Waals surface area (Å²) in [6, 6.07) is 8.09. The molecule has 0 unspecified atom stereocenters. The number of aliphatic carboxylic acids is 1. The van der Waals surface area contributed by atoms with Gasteiger partial charge in [-0.15, -0.1) is 0 Å². The van der Waals surface area contributed by atoms with Crippen molar-refractivity contribution < 1.29 is 9.90 Å².